The highest BCUT2D eigenvalue weighted by Crippen LogP contribution is 2.31. The highest BCUT2D eigenvalue weighted by Gasteiger charge is 2.25. The summed E-state index contributed by atoms with van der Waals surface area (Å²) in [7, 11) is 1.69. The quantitative estimate of drug-likeness (QED) is 0.128. The highest BCUT2D eigenvalue weighted by molar-refractivity contribution is 14.2. The number of nitrogens with zero attached hydrogens (tertiary/aromatic N) is 8. The Morgan fingerprint density at radius 1 is 1.13 bits per heavy atom. The van der Waals surface area contributed by atoms with Gasteiger partial charge >= 0.3 is 0 Å². The molecule has 4 aromatic heterocycles. The standard InChI is InChI=1S/C24H25ClIN8O2P.CH4S/c1-15(11-31(12-16(2)36-3)22-19-23(28-13-27-22)33(37-26)14-29-19)21-30-32-10-9-18(25)20(32)24(35)34(21)17-7-5-4-6-8-17;1-2/h4-10,13-16,37H,11-12H2,1-3H3;2H,1H3. The molecule has 0 radical (unpaired) electrons. The van der Waals surface area contributed by atoms with Crippen molar-refractivity contribution in [3.05, 3.63) is 76.5 Å². The van der Waals surface area contributed by atoms with Gasteiger partial charge in [0, 0.05) is 32.3 Å². The third kappa shape index (κ3) is 6.09. The minimum absolute atomic E-state index is 0.0687. The number of hydrogen-bond donors (Lipinski definition) is 1. The molecule has 0 saturated carbocycles. The van der Waals surface area contributed by atoms with Crippen molar-refractivity contribution >= 4 is 75.1 Å². The number of hydrogen-bond acceptors (Lipinski definition) is 8. The first-order valence-corrected chi connectivity index (χ1v) is 17.4. The Morgan fingerprint density at radius 3 is 2.56 bits per heavy atom. The number of para-hydroxylation sites is 1. The van der Waals surface area contributed by atoms with Gasteiger partial charge in [0.05, 0.1) is 23.2 Å². The Morgan fingerprint density at radius 2 is 1.87 bits per heavy atom. The molecule has 0 spiro atoms. The molecule has 0 amide bonds. The van der Waals surface area contributed by atoms with Crippen LogP contribution in [0.4, 0.5) is 5.82 Å². The van der Waals surface area contributed by atoms with Crippen molar-refractivity contribution in [3.8, 4) is 5.69 Å². The molecule has 0 N–H and O–H groups in total. The number of aromatic nitrogens is 7. The molecule has 0 aliphatic rings. The molecule has 0 bridgehead atoms. The van der Waals surface area contributed by atoms with Gasteiger partial charge in [0.2, 0.25) is 0 Å². The predicted molar refractivity (Wildman–Crippen MR) is 171 cm³/mol. The third-order valence-electron chi connectivity index (χ3n) is 6.20. The van der Waals surface area contributed by atoms with Crippen molar-refractivity contribution in [1.82, 2.24) is 33.5 Å². The van der Waals surface area contributed by atoms with Gasteiger partial charge in [-0.15, -0.1) is 0 Å². The Balaban J connectivity index is 0.00000172. The van der Waals surface area contributed by atoms with E-state index in [4.69, 9.17) is 21.4 Å². The van der Waals surface area contributed by atoms with Gasteiger partial charge in [-0.2, -0.15) is 17.7 Å². The van der Waals surface area contributed by atoms with Crippen molar-refractivity contribution in [1.29, 1.82) is 0 Å². The lowest BCUT2D eigenvalue weighted by Gasteiger charge is -2.29. The third-order valence-corrected chi connectivity index (χ3v) is 8.57. The fourth-order valence-electron chi connectivity index (χ4n) is 4.35. The number of thiol groups is 1. The molecule has 3 atom stereocenters. The average molecular weight is 699 g/mol. The monoisotopic (exact) mass is 698 g/mol. The van der Waals surface area contributed by atoms with E-state index in [1.807, 2.05) is 48.5 Å². The van der Waals surface area contributed by atoms with Crippen molar-refractivity contribution in [3.63, 3.8) is 0 Å². The van der Waals surface area contributed by atoms with Crippen LogP contribution in [0.1, 0.15) is 25.6 Å². The molecule has 0 aliphatic heterocycles. The normalized spacial score (nSPS) is 13.1. The molecular formula is C25H29ClIN8O2PS. The second kappa shape index (κ2) is 13.4. The lowest BCUT2D eigenvalue weighted by Crippen LogP contribution is -2.37. The van der Waals surface area contributed by atoms with E-state index in [1.54, 1.807) is 47.4 Å². The average Bonchev–Trinajstić information content (AvgIpc) is 3.57. The first-order chi connectivity index (χ1) is 18.9. The summed E-state index contributed by atoms with van der Waals surface area (Å²) < 4.78 is 10.8. The maximum Gasteiger partial charge on any atom is 0.284 e. The minimum atomic E-state index is -0.221. The second-order valence-electron chi connectivity index (χ2n) is 8.71. The minimum Gasteiger partial charge on any atom is -0.380 e. The molecule has 0 aliphatic carbocycles. The molecule has 206 valence electrons. The van der Waals surface area contributed by atoms with Crippen LogP contribution >= 0.6 is 52.6 Å². The number of anilines is 1. The zero-order valence-electron chi connectivity index (χ0n) is 21.9. The van der Waals surface area contributed by atoms with Crippen LogP contribution in [0.3, 0.4) is 0 Å². The van der Waals surface area contributed by atoms with Gasteiger partial charge in [-0.25, -0.2) is 19.5 Å². The summed E-state index contributed by atoms with van der Waals surface area (Å²) in [5.41, 5.74) is 2.35. The van der Waals surface area contributed by atoms with Gasteiger partial charge in [-0.3, -0.25) is 13.7 Å². The SMILES string of the molecule is COC(C)CN(CC(C)c1nn2ccc(Cl)c2c(=O)n1-c1ccccc1)c1ncnc2c1ncn2PI.CS. The van der Waals surface area contributed by atoms with E-state index in [0.717, 1.165) is 16.9 Å². The first-order valence-electron chi connectivity index (χ1n) is 12.0. The number of fused-ring (bicyclic) bond motifs is 2. The van der Waals surface area contributed by atoms with Gasteiger partial charge in [0.1, 0.15) is 24.0 Å². The summed E-state index contributed by atoms with van der Waals surface area (Å²) in [5.74, 6) is 1.14. The van der Waals surface area contributed by atoms with E-state index in [-0.39, 0.29) is 17.6 Å². The topological polar surface area (TPSA) is 95.4 Å². The zero-order chi connectivity index (χ0) is 28.1. The number of benzene rings is 1. The summed E-state index contributed by atoms with van der Waals surface area (Å²) >= 11 is 12.2. The van der Waals surface area contributed by atoms with Crippen LogP contribution in [0.5, 0.6) is 0 Å². The van der Waals surface area contributed by atoms with Crippen LogP contribution in [0, 0.1) is 0 Å². The summed E-state index contributed by atoms with van der Waals surface area (Å²) in [5, 5.41) is 5.21. The molecule has 39 heavy (non-hydrogen) atoms. The first kappa shape index (κ1) is 29.7. The Bertz CT molecular complexity index is 1610. The largest absolute Gasteiger partial charge is 0.380 e. The fraction of sp³-hybridized carbons (Fsp3) is 0.320. The number of imidazole rings is 1. The molecule has 1 aromatic carbocycles. The van der Waals surface area contributed by atoms with Crippen LogP contribution in [0.15, 0.2) is 60.0 Å². The Hall–Kier alpha value is -2.25. The van der Waals surface area contributed by atoms with E-state index in [1.165, 1.54) is 0 Å². The Kier molecular flexibility index (Phi) is 10.2. The lowest BCUT2D eigenvalue weighted by molar-refractivity contribution is 0.123. The van der Waals surface area contributed by atoms with Gasteiger partial charge in [0.25, 0.3) is 5.56 Å². The number of halogens is 2. The molecular weight excluding hydrogens is 670 g/mol. The van der Waals surface area contributed by atoms with Crippen LogP contribution in [-0.4, -0.2) is 66.0 Å². The number of methoxy groups -OCH3 is 1. The second-order valence-corrected chi connectivity index (χ2v) is 11.2. The van der Waals surface area contributed by atoms with Crippen LogP contribution < -0.4 is 10.5 Å². The summed E-state index contributed by atoms with van der Waals surface area (Å²) in [6, 6.07) is 11.2. The molecule has 4 heterocycles. The molecule has 0 saturated heterocycles. The van der Waals surface area contributed by atoms with Gasteiger partial charge in [-0.1, -0.05) is 36.7 Å². The smallest absolute Gasteiger partial charge is 0.284 e. The predicted octanol–water partition coefficient (Wildman–Crippen LogP) is 5.26. The van der Waals surface area contributed by atoms with Crippen LogP contribution in [-0.2, 0) is 4.74 Å². The van der Waals surface area contributed by atoms with Crippen molar-refractivity contribution in [2.45, 2.75) is 25.9 Å². The van der Waals surface area contributed by atoms with E-state index in [0.29, 0.717) is 41.6 Å². The van der Waals surface area contributed by atoms with Crippen molar-refractivity contribution in [2.75, 3.05) is 31.4 Å². The van der Waals surface area contributed by atoms with E-state index < -0.39 is 0 Å². The summed E-state index contributed by atoms with van der Waals surface area (Å²) in [6.45, 7) is 5.14. The summed E-state index contributed by atoms with van der Waals surface area (Å²) in [6.07, 6.45) is 7.15. The van der Waals surface area contributed by atoms with Gasteiger partial charge in [0.15, 0.2) is 17.0 Å². The van der Waals surface area contributed by atoms with Gasteiger partial charge in [-0.05, 0) is 53.4 Å². The van der Waals surface area contributed by atoms with Crippen molar-refractivity contribution in [2.24, 2.45) is 0 Å². The Labute approximate surface area is 251 Å². The molecule has 0 fully saturated rings. The maximum absolute atomic E-state index is 13.7. The molecule has 14 heteroatoms. The van der Waals surface area contributed by atoms with Crippen molar-refractivity contribution < 1.29 is 4.74 Å². The molecule has 10 nitrogen and oxygen atoms in total. The molecule has 3 unspecified atom stereocenters. The van der Waals surface area contributed by atoms with E-state index >= 15 is 0 Å². The molecule has 5 rings (SSSR count). The lowest BCUT2D eigenvalue weighted by atomic mass is 10.1. The van der Waals surface area contributed by atoms with Gasteiger partial charge < -0.3 is 9.64 Å². The highest BCUT2D eigenvalue weighted by atomic mass is 127. The zero-order valence-corrected chi connectivity index (χ0v) is 26.7. The van der Waals surface area contributed by atoms with E-state index in [9.17, 15) is 4.79 Å². The van der Waals surface area contributed by atoms with E-state index in [2.05, 4.69) is 54.5 Å². The number of rotatable bonds is 9. The summed E-state index contributed by atoms with van der Waals surface area (Å²) in [4.78, 5) is 29.5. The maximum atomic E-state index is 13.7. The van der Waals surface area contributed by atoms with Crippen LogP contribution in [0.2, 0.25) is 5.02 Å². The number of ether oxygens (including phenoxy) is 1. The molecule has 5 aromatic rings. The van der Waals surface area contributed by atoms with Crippen LogP contribution in [0.25, 0.3) is 22.4 Å². The fourth-order valence-corrected chi connectivity index (χ4v) is 5.98.